The number of ketones is 3. The average Bonchev–Trinajstić information content (AvgIpc) is 3.07. The predicted molar refractivity (Wildman–Crippen MR) is 133 cm³/mol. The fraction of sp³-hybridized carbons (Fsp3) is 0.483. The average molecular weight is 495 g/mol. The van der Waals surface area contributed by atoms with Crippen molar-refractivity contribution in [1.82, 2.24) is 0 Å². The summed E-state index contributed by atoms with van der Waals surface area (Å²) in [5.41, 5.74) is -1.55. The van der Waals surface area contributed by atoms with Crippen molar-refractivity contribution in [2.24, 2.45) is 17.3 Å². The van der Waals surface area contributed by atoms with Gasteiger partial charge in [0.25, 0.3) is 0 Å². The smallest absolute Gasteiger partial charge is 0.338 e. The summed E-state index contributed by atoms with van der Waals surface area (Å²) >= 11 is 0. The molecule has 4 atom stereocenters. The van der Waals surface area contributed by atoms with E-state index in [1.807, 2.05) is 6.92 Å². The molecule has 0 aliphatic heterocycles. The zero-order valence-electron chi connectivity index (χ0n) is 21.8. The first-order chi connectivity index (χ1) is 16.8. The van der Waals surface area contributed by atoms with Gasteiger partial charge in [0.1, 0.15) is 11.9 Å². The van der Waals surface area contributed by atoms with E-state index in [2.05, 4.69) is 0 Å². The van der Waals surface area contributed by atoms with E-state index >= 15 is 0 Å². The third-order valence-electron chi connectivity index (χ3n) is 7.26. The number of allylic oxidation sites excluding steroid dienone is 2. The number of esters is 2. The van der Waals surface area contributed by atoms with Crippen LogP contribution in [0.15, 0.2) is 53.6 Å². The molecule has 1 fully saturated rings. The summed E-state index contributed by atoms with van der Waals surface area (Å²) in [5.74, 6) is -3.53. The second-order valence-electron chi connectivity index (χ2n) is 10.6. The molecule has 0 unspecified atom stereocenters. The number of benzene rings is 1. The number of carbonyl (C=O) groups excluding carboxylic acids is 5. The maximum Gasteiger partial charge on any atom is 0.338 e. The van der Waals surface area contributed by atoms with Crippen molar-refractivity contribution in [1.29, 1.82) is 0 Å². The zero-order valence-corrected chi connectivity index (χ0v) is 21.8. The lowest BCUT2D eigenvalue weighted by atomic mass is 9.77. The number of hydrogen-bond acceptors (Lipinski definition) is 7. The van der Waals surface area contributed by atoms with E-state index in [0.29, 0.717) is 11.1 Å². The van der Waals surface area contributed by atoms with Crippen molar-refractivity contribution < 1.29 is 33.4 Å². The van der Waals surface area contributed by atoms with E-state index in [9.17, 15) is 24.0 Å². The van der Waals surface area contributed by atoms with Crippen LogP contribution in [-0.2, 0) is 28.7 Å². The van der Waals surface area contributed by atoms with Crippen LogP contribution in [0, 0.1) is 17.3 Å². The highest BCUT2D eigenvalue weighted by atomic mass is 16.6. The lowest BCUT2D eigenvalue weighted by molar-refractivity contribution is -0.168. The minimum atomic E-state index is -1.65. The molecule has 0 bridgehead atoms. The van der Waals surface area contributed by atoms with Gasteiger partial charge in [-0.3, -0.25) is 19.2 Å². The molecular formula is C29H34O7. The highest BCUT2D eigenvalue weighted by Gasteiger charge is 2.60. The highest BCUT2D eigenvalue weighted by molar-refractivity contribution is 6.09. The minimum absolute atomic E-state index is 0.119. The SMILES string of the molecule is CC(=O)O[C@]12C[C@@H](C)[C@H](OC(=O)c3ccccc3)[C@@H]1/C=C(\C)C(=O)CC(=O)C(C)(C)C/C=C(\C)C2=O. The first kappa shape index (κ1) is 27.2. The molecule has 0 N–H and O–H groups in total. The Balaban J connectivity index is 2.16. The Morgan fingerprint density at radius 2 is 1.64 bits per heavy atom. The Morgan fingerprint density at radius 3 is 2.25 bits per heavy atom. The van der Waals surface area contributed by atoms with Crippen LogP contribution < -0.4 is 0 Å². The van der Waals surface area contributed by atoms with Crippen molar-refractivity contribution >= 4 is 29.3 Å². The molecule has 0 saturated heterocycles. The highest BCUT2D eigenvalue weighted by Crippen LogP contribution is 2.48. The normalized spacial score (nSPS) is 31.6. The van der Waals surface area contributed by atoms with Crippen LogP contribution in [0.4, 0.5) is 0 Å². The van der Waals surface area contributed by atoms with Gasteiger partial charge in [0.2, 0.25) is 5.78 Å². The molecule has 1 aromatic rings. The van der Waals surface area contributed by atoms with E-state index in [-0.39, 0.29) is 42.3 Å². The molecular weight excluding hydrogens is 460 g/mol. The largest absolute Gasteiger partial charge is 0.458 e. The maximum absolute atomic E-state index is 13.9. The lowest BCUT2D eigenvalue weighted by Crippen LogP contribution is -2.49. The number of ether oxygens (including phenoxy) is 2. The van der Waals surface area contributed by atoms with Crippen LogP contribution in [0.25, 0.3) is 0 Å². The molecule has 2 aliphatic rings. The molecule has 7 nitrogen and oxygen atoms in total. The number of hydrogen-bond donors (Lipinski definition) is 0. The molecule has 7 heteroatoms. The summed E-state index contributed by atoms with van der Waals surface area (Å²) in [7, 11) is 0. The summed E-state index contributed by atoms with van der Waals surface area (Å²) in [6, 6.07) is 8.46. The molecule has 0 aromatic heterocycles. The van der Waals surface area contributed by atoms with Crippen LogP contribution in [0.5, 0.6) is 0 Å². The van der Waals surface area contributed by atoms with Gasteiger partial charge in [-0.1, -0.05) is 51.1 Å². The molecule has 0 spiro atoms. The third-order valence-corrected chi connectivity index (χ3v) is 7.26. The monoisotopic (exact) mass is 494 g/mol. The van der Waals surface area contributed by atoms with Crippen molar-refractivity contribution in [3.05, 3.63) is 59.2 Å². The summed E-state index contributed by atoms with van der Waals surface area (Å²) < 4.78 is 11.7. The van der Waals surface area contributed by atoms with Crippen molar-refractivity contribution in [2.75, 3.05) is 0 Å². The van der Waals surface area contributed by atoms with E-state index in [0.717, 1.165) is 0 Å². The Bertz CT molecular complexity index is 1140. The van der Waals surface area contributed by atoms with E-state index in [1.165, 1.54) is 6.92 Å². The minimum Gasteiger partial charge on any atom is -0.458 e. The van der Waals surface area contributed by atoms with Gasteiger partial charge in [-0.25, -0.2) is 4.79 Å². The number of carbonyl (C=O) groups is 5. The van der Waals surface area contributed by atoms with Gasteiger partial charge >= 0.3 is 11.9 Å². The molecule has 0 heterocycles. The van der Waals surface area contributed by atoms with Gasteiger partial charge in [-0.15, -0.1) is 0 Å². The van der Waals surface area contributed by atoms with Gasteiger partial charge in [0.05, 0.1) is 17.9 Å². The second-order valence-corrected chi connectivity index (χ2v) is 10.6. The van der Waals surface area contributed by atoms with E-state index in [1.54, 1.807) is 70.2 Å². The molecule has 36 heavy (non-hydrogen) atoms. The zero-order chi connectivity index (χ0) is 26.8. The fourth-order valence-corrected chi connectivity index (χ4v) is 5.03. The molecule has 1 aromatic carbocycles. The van der Waals surface area contributed by atoms with Crippen LogP contribution in [0.2, 0.25) is 0 Å². The summed E-state index contributed by atoms with van der Waals surface area (Å²) in [6.07, 6.45) is 2.46. The Kier molecular flexibility index (Phi) is 7.82. The van der Waals surface area contributed by atoms with Crippen molar-refractivity contribution in [3.8, 4) is 0 Å². The van der Waals surface area contributed by atoms with Crippen molar-refractivity contribution in [2.45, 2.75) is 72.5 Å². The summed E-state index contributed by atoms with van der Waals surface area (Å²) in [4.78, 5) is 65.1. The Labute approximate surface area is 211 Å². The van der Waals surface area contributed by atoms with Crippen molar-refractivity contribution in [3.63, 3.8) is 0 Å². The summed E-state index contributed by atoms with van der Waals surface area (Å²) in [5, 5.41) is 0. The summed E-state index contributed by atoms with van der Waals surface area (Å²) in [6.45, 7) is 9.73. The third kappa shape index (κ3) is 5.40. The Morgan fingerprint density at radius 1 is 1.00 bits per heavy atom. The topological polar surface area (TPSA) is 104 Å². The molecule has 192 valence electrons. The van der Waals surface area contributed by atoms with Gasteiger partial charge in [-0.2, -0.15) is 0 Å². The second kappa shape index (κ2) is 10.3. The van der Waals surface area contributed by atoms with Gasteiger partial charge < -0.3 is 9.47 Å². The standard InChI is InChI=1S/C29H34O7/c1-17-12-13-28(5,6)24(32)15-23(31)18(2)14-22-25(35-27(34)21-10-8-7-9-11-21)19(3)16-29(22,26(17)33)36-20(4)30/h7-12,14,19,22,25H,13,15-16H2,1-6H3/b17-12+,18-14+/t19-,22+,25+,29-/m1/s1. The lowest BCUT2D eigenvalue weighted by Gasteiger charge is -2.34. The van der Waals surface area contributed by atoms with Gasteiger partial charge in [-0.05, 0) is 49.5 Å². The quantitative estimate of drug-likeness (QED) is 0.447. The van der Waals surface area contributed by atoms with E-state index < -0.39 is 40.8 Å². The molecule has 0 radical (unpaired) electrons. The fourth-order valence-electron chi connectivity index (χ4n) is 5.03. The number of rotatable bonds is 3. The maximum atomic E-state index is 13.9. The first-order valence-corrected chi connectivity index (χ1v) is 12.2. The van der Waals surface area contributed by atoms with Crippen LogP contribution in [-0.4, -0.2) is 41.0 Å². The molecule has 0 amide bonds. The van der Waals surface area contributed by atoms with Crippen LogP contribution >= 0.6 is 0 Å². The predicted octanol–water partition coefficient (Wildman–Crippen LogP) is 4.59. The molecule has 3 rings (SSSR count). The van der Waals surface area contributed by atoms with Gasteiger partial charge in [0.15, 0.2) is 11.4 Å². The first-order valence-electron chi connectivity index (χ1n) is 12.2. The Hall–Kier alpha value is -3.35. The van der Waals surface area contributed by atoms with Crippen LogP contribution in [0.3, 0.4) is 0 Å². The van der Waals surface area contributed by atoms with Crippen LogP contribution in [0.1, 0.15) is 71.2 Å². The van der Waals surface area contributed by atoms with E-state index in [4.69, 9.17) is 9.47 Å². The molecule has 1 saturated carbocycles. The van der Waals surface area contributed by atoms with Gasteiger partial charge in [0, 0.05) is 18.8 Å². The number of Topliss-reactive ketones (excluding diaryl/α,β-unsaturated/α-hetero) is 3. The number of fused-ring (bicyclic) bond motifs is 1. The molecule has 2 aliphatic carbocycles.